The number of anilines is 1. The highest BCUT2D eigenvalue weighted by Gasteiger charge is 2.27. The average molecular weight is 435 g/mol. The number of nitrogens with zero attached hydrogens (tertiary/aromatic N) is 1. The average Bonchev–Trinajstić information content (AvgIpc) is 3.28. The molecule has 6 heteroatoms. The Morgan fingerprint density at radius 3 is 2.53 bits per heavy atom. The van der Waals surface area contributed by atoms with Crippen LogP contribution >= 0.6 is 0 Å². The van der Waals surface area contributed by atoms with Gasteiger partial charge >= 0.3 is 5.97 Å². The van der Waals surface area contributed by atoms with Gasteiger partial charge in [0.15, 0.2) is 0 Å². The van der Waals surface area contributed by atoms with Crippen LogP contribution in [0.25, 0.3) is 11.1 Å². The van der Waals surface area contributed by atoms with Crippen LogP contribution in [0, 0.1) is 5.82 Å². The zero-order valence-corrected chi connectivity index (χ0v) is 18.2. The molecular formula is C26H26FNO4. The summed E-state index contributed by atoms with van der Waals surface area (Å²) in [6.45, 7) is 0.913. The summed E-state index contributed by atoms with van der Waals surface area (Å²) in [5.74, 6) is 1.38. The molecule has 0 N–H and O–H groups in total. The molecule has 1 atom stereocenters. The molecule has 1 unspecified atom stereocenters. The molecule has 1 aliphatic heterocycles. The summed E-state index contributed by atoms with van der Waals surface area (Å²) in [6, 6.07) is 19.9. The van der Waals surface area contributed by atoms with Gasteiger partial charge < -0.3 is 19.1 Å². The Morgan fingerprint density at radius 1 is 1.00 bits per heavy atom. The highest BCUT2D eigenvalue weighted by molar-refractivity contribution is 5.71. The van der Waals surface area contributed by atoms with Gasteiger partial charge in [0, 0.05) is 23.8 Å². The van der Waals surface area contributed by atoms with Crippen LogP contribution < -0.4 is 14.4 Å². The molecule has 0 spiro atoms. The van der Waals surface area contributed by atoms with E-state index in [9.17, 15) is 9.18 Å². The van der Waals surface area contributed by atoms with Crippen LogP contribution in [0.4, 0.5) is 10.1 Å². The highest BCUT2D eigenvalue weighted by atomic mass is 19.1. The molecule has 166 valence electrons. The number of halogens is 1. The van der Waals surface area contributed by atoms with Crippen molar-refractivity contribution in [3.8, 4) is 28.4 Å². The molecule has 1 aliphatic rings. The predicted molar refractivity (Wildman–Crippen MR) is 122 cm³/mol. The van der Waals surface area contributed by atoms with Crippen LogP contribution in [-0.4, -0.2) is 32.8 Å². The van der Waals surface area contributed by atoms with Gasteiger partial charge in [-0.25, -0.2) is 4.39 Å². The fourth-order valence-electron chi connectivity index (χ4n) is 4.08. The number of rotatable bonds is 7. The van der Waals surface area contributed by atoms with Gasteiger partial charge in [0.2, 0.25) is 0 Å². The van der Waals surface area contributed by atoms with Gasteiger partial charge in [-0.05, 0) is 73.0 Å². The van der Waals surface area contributed by atoms with E-state index in [1.54, 1.807) is 25.3 Å². The molecule has 0 bridgehead atoms. The standard InChI is InChI=1S/C26H26FNO4/c1-30-22-12-13-25(27)24(17-22)18-5-3-7-23(15-18)32-21-10-8-19(9-11-21)28-14-4-6-20(28)16-26(29)31-2/h3,5,7-13,15,17,20H,4,6,14,16H2,1-2H3. The molecule has 1 fully saturated rings. The highest BCUT2D eigenvalue weighted by Crippen LogP contribution is 2.33. The smallest absolute Gasteiger partial charge is 0.307 e. The number of hydrogen-bond donors (Lipinski definition) is 0. The van der Waals surface area contributed by atoms with E-state index in [-0.39, 0.29) is 17.8 Å². The van der Waals surface area contributed by atoms with Crippen LogP contribution in [0.5, 0.6) is 17.2 Å². The number of benzene rings is 3. The molecule has 0 aliphatic carbocycles. The van der Waals surface area contributed by atoms with Crippen molar-refractivity contribution in [3.63, 3.8) is 0 Å². The topological polar surface area (TPSA) is 48.0 Å². The van der Waals surface area contributed by atoms with E-state index < -0.39 is 0 Å². The summed E-state index contributed by atoms with van der Waals surface area (Å²) >= 11 is 0. The normalized spacial score (nSPS) is 15.5. The van der Waals surface area contributed by atoms with Gasteiger partial charge in [-0.15, -0.1) is 0 Å². The lowest BCUT2D eigenvalue weighted by atomic mass is 10.0. The number of ether oxygens (including phenoxy) is 3. The molecule has 5 nitrogen and oxygen atoms in total. The van der Waals surface area contributed by atoms with Gasteiger partial charge in [0.25, 0.3) is 0 Å². The minimum absolute atomic E-state index is 0.156. The van der Waals surface area contributed by atoms with Crippen LogP contribution in [-0.2, 0) is 9.53 Å². The maximum Gasteiger partial charge on any atom is 0.307 e. The second kappa shape index (κ2) is 9.73. The molecule has 0 saturated carbocycles. The number of carbonyl (C=O) groups is 1. The zero-order valence-electron chi connectivity index (χ0n) is 18.2. The van der Waals surface area contributed by atoms with E-state index in [0.29, 0.717) is 34.8 Å². The lowest BCUT2D eigenvalue weighted by Crippen LogP contribution is -2.31. The maximum absolute atomic E-state index is 14.3. The first-order chi connectivity index (χ1) is 15.6. The van der Waals surface area contributed by atoms with E-state index in [0.717, 1.165) is 25.1 Å². The minimum Gasteiger partial charge on any atom is -0.497 e. The summed E-state index contributed by atoms with van der Waals surface area (Å²) in [7, 11) is 2.98. The SMILES string of the molecule is COC(=O)CC1CCCN1c1ccc(Oc2cccc(-c3cc(OC)ccc3F)c2)cc1. The van der Waals surface area contributed by atoms with Crippen molar-refractivity contribution < 1.29 is 23.4 Å². The van der Waals surface area contributed by atoms with E-state index in [4.69, 9.17) is 14.2 Å². The molecule has 1 heterocycles. The third-order valence-electron chi connectivity index (χ3n) is 5.73. The summed E-state index contributed by atoms with van der Waals surface area (Å²) in [4.78, 5) is 13.9. The van der Waals surface area contributed by atoms with Crippen LogP contribution in [0.15, 0.2) is 66.7 Å². The predicted octanol–water partition coefficient (Wildman–Crippen LogP) is 5.83. The second-order valence-corrected chi connectivity index (χ2v) is 7.74. The lowest BCUT2D eigenvalue weighted by Gasteiger charge is -2.26. The quantitative estimate of drug-likeness (QED) is 0.437. The number of carbonyl (C=O) groups excluding carboxylic acids is 1. The molecule has 0 aromatic heterocycles. The van der Waals surface area contributed by atoms with Crippen molar-refractivity contribution in [2.24, 2.45) is 0 Å². The molecular weight excluding hydrogens is 409 g/mol. The fourth-order valence-corrected chi connectivity index (χ4v) is 4.08. The van der Waals surface area contributed by atoms with Crippen molar-refractivity contribution in [1.29, 1.82) is 0 Å². The van der Waals surface area contributed by atoms with Gasteiger partial charge in [-0.2, -0.15) is 0 Å². The van der Waals surface area contributed by atoms with Crippen LogP contribution in [0.2, 0.25) is 0 Å². The molecule has 0 amide bonds. The Bertz CT molecular complexity index is 1080. The number of hydrogen-bond acceptors (Lipinski definition) is 5. The third kappa shape index (κ3) is 4.85. The molecule has 32 heavy (non-hydrogen) atoms. The summed E-state index contributed by atoms with van der Waals surface area (Å²) in [5, 5.41) is 0. The van der Waals surface area contributed by atoms with E-state index >= 15 is 0 Å². The van der Waals surface area contributed by atoms with Crippen molar-refractivity contribution in [3.05, 3.63) is 72.5 Å². The van der Waals surface area contributed by atoms with Crippen molar-refractivity contribution in [2.75, 3.05) is 25.7 Å². The number of esters is 1. The summed E-state index contributed by atoms with van der Waals surface area (Å²) in [5.41, 5.74) is 2.21. The van der Waals surface area contributed by atoms with Crippen molar-refractivity contribution in [1.82, 2.24) is 0 Å². The minimum atomic E-state index is -0.320. The van der Waals surface area contributed by atoms with Gasteiger partial charge in [-0.3, -0.25) is 4.79 Å². The largest absolute Gasteiger partial charge is 0.497 e. The lowest BCUT2D eigenvalue weighted by molar-refractivity contribution is -0.140. The monoisotopic (exact) mass is 435 g/mol. The fraction of sp³-hybridized carbons (Fsp3) is 0.269. The second-order valence-electron chi connectivity index (χ2n) is 7.74. The summed E-state index contributed by atoms with van der Waals surface area (Å²) in [6.07, 6.45) is 2.41. The van der Waals surface area contributed by atoms with Crippen molar-refractivity contribution in [2.45, 2.75) is 25.3 Å². The van der Waals surface area contributed by atoms with Gasteiger partial charge in [-0.1, -0.05) is 12.1 Å². The van der Waals surface area contributed by atoms with Crippen LogP contribution in [0.3, 0.4) is 0 Å². The molecule has 1 saturated heterocycles. The molecule has 0 radical (unpaired) electrons. The van der Waals surface area contributed by atoms with Gasteiger partial charge in [0.1, 0.15) is 23.1 Å². The molecule has 3 aromatic rings. The Hall–Kier alpha value is -3.54. The first-order valence-electron chi connectivity index (χ1n) is 10.6. The number of methoxy groups -OCH3 is 2. The summed E-state index contributed by atoms with van der Waals surface area (Å²) < 4.78 is 30.4. The van der Waals surface area contributed by atoms with Crippen molar-refractivity contribution >= 4 is 11.7 Å². The van der Waals surface area contributed by atoms with Gasteiger partial charge in [0.05, 0.1) is 20.6 Å². The maximum atomic E-state index is 14.3. The Labute approximate surface area is 187 Å². The Morgan fingerprint density at radius 2 is 1.78 bits per heavy atom. The first-order valence-corrected chi connectivity index (χ1v) is 10.6. The Balaban J connectivity index is 1.49. The third-order valence-corrected chi connectivity index (χ3v) is 5.73. The molecule has 4 rings (SSSR count). The van der Waals surface area contributed by atoms with E-state index in [1.807, 2.05) is 42.5 Å². The van der Waals surface area contributed by atoms with Crippen LogP contribution in [0.1, 0.15) is 19.3 Å². The first kappa shape index (κ1) is 21.7. The zero-order chi connectivity index (χ0) is 22.5. The van der Waals surface area contributed by atoms with E-state index in [2.05, 4.69) is 4.90 Å². The molecule has 3 aromatic carbocycles. The van der Waals surface area contributed by atoms with E-state index in [1.165, 1.54) is 13.2 Å². The Kier molecular flexibility index (Phi) is 6.59.